The van der Waals surface area contributed by atoms with Crippen LogP contribution in [0.3, 0.4) is 0 Å². The summed E-state index contributed by atoms with van der Waals surface area (Å²) in [6.07, 6.45) is 8.37. The molecular weight excluding hydrogens is 448 g/mol. The number of aryl methyl sites for hydroxylation is 2. The van der Waals surface area contributed by atoms with Crippen molar-refractivity contribution in [1.82, 2.24) is 20.1 Å². The Labute approximate surface area is 205 Å². The topological polar surface area (TPSA) is 115 Å². The summed E-state index contributed by atoms with van der Waals surface area (Å²) in [6, 6.07) is 3.96. The Bertz CT molecular complexity index is 1070. The Kier molecular flexibility index (Phi) is 7.83. The Balaban J connectivity index is 1.47. The second-order valence-electron chi connectivity index (χ2n) is 9.65. The summed E-state index contributed by atoms with van der Waals surface area (Å²) in [7, 11) is 1.80. The Morgan fingerprint density at radius 2 is 1.86 bits per heavy atom. The van der Waals surface area contributed by atoms with Gasteiger partial charge in [-0.3, -0.25) is 4.79 Å². The number of nitrogens with zero attached hydrogens (tertiary/aromatic N) is 4. The van der Waals surface area contributed by atoms with Gasteiger partial charge in [0.2, 0.25) is 0 Å². The van der Waals surface area contributed by atoms with Crippen LogP contribution in [0.15, 0.2) is 18.3 Å². The molecule has 2 saturated carbocycles. The lowest BCUT2D eigenvalue weighted by molar-refractivity contribution is -0.143. The number of carbonyl (C=O) groups is 2. The zero-order chi connectivity index (χ0) is 24.9. The van der Waals surface area contributed by atoms with Gasteiger partial charge >= 0.3 is 12.1 Å². The lowest BCUT2D eigenvalue weighted by atomic mass is 9.87. The molecule has 2 aromatic heterocycles. The smallest absolute Gasteiger partial charge is 0.410 e. The number of hydrogen-bond donors (Lipinski definition) is 1. The number of aliphatic carboxylic acids is 1. The first-order chi connectivity index (χ1) is 16.8. The molecule has 0 aromatic carbocycles. The van der Waals surface area contributed by atoms with Crippen molar-refractivity contribution >= 4 is 12.1 Å². The number of pyridine rings is 1. The van der Waals surface area contributed by atoms with E-state index < -0.39 is 5.97 Å². The molecule has 4 rings (SSSR count). The molecule has 0 radical (unpaired) electrons. The van der Waals surface area contributed by atoms with Crippen LogP contribution < -0.4 is 4.74 Å². The molecule has 1 N–H and O–H groups in total. The molecule has 2 heterocycles. The molecule has 1 amide bonds. The van der Waals surface area contributed by atoms with Crippen LogP contribution in [0.1, 0.15) is 68.3 Å². The van der Waals surface area contributed by atoms with E-state index in [1.165, 1.54) is 0 Å². The van der Waals surface area contributed by atoms with Crippen LogP contribution >= 0.6 is 0 Å². The molecule has 2 aliphatic rings. The highest BCUT2D eigenvalue weighted by Gasteiger charge is 2.29. The van der Waals surface area contributed by atoms with Crippen LogP contribution in [0.4, 0.5) is 4.79 Å². The van der Waals surface area contributed by atoms with Gasteiger partial charge in [-0.2, -0.15) is 10.2 Å². The fourth-order valence-electron chi connectivity index (χ4n) is 5.06. The van der Waals surface area contributed by atoms with Gasteiger partial charge in [0.05, 0.1) is 35.3 Å². The van der Waals surface area contributed by atoms with Crippen molar-refractivity contribution < 1.29 is 24.2 Å². The maximum Gasteiger partial charge on any atom is 0.410 e. The molecule has 188 valence electrons. The predicted molar refractivity (Wildman–Crippen MR) is 129 cm³/mol. The number of carboxylic acids is 1. The van der Waals surface area contributed by atoms with Crippen molar-refractivity contribution in [2.45, 2.75) is 84.0 Å². The number of rotatable bonds is 7. The van der Waals surface area contributed by atoms with Gasteiger partial charge in [0.1, 0.15) is 12.4 Å². The first kappa shape index (κ1) is 24.9. The maximum absolute atomic E-state index is 12.6. The number of ether oxygens (including phenoxy) is 2. The third-order valence-corrected chi connectivity index (χ3v) is 7.24. The highest BCUT2D eigenvalue weighted by Crippen LogP contribution is 2.31. The average Bonchev–Trinajstić information content (AvgIpc) is 3.39. The van der Waals surface area contributed by atoms with Crippen molar-refractivity contribution in [2.24, 2.45) is 5.92 Å². The number of hydrogen-bond acceptors (Lipinski definition) is 7. The normalized spacial score (nSPS) is 20.4. The van der Waals surface area contributed by atoms with Crippen molar-refractivity contribution in [3.05, 3.63) is 35.3 Å². The van der Waals surface area contributed by atoms with Crippen molar-refractivity contribution in [1.29, 1.82) is 0 Å². The second-order valence-corrected chi connectivity index (χ2v) is 9.65. The van der Waals surface area contributed by atoms with E-state index in [1.54, 1.807) is 18.1 Å². The van der Waals surface area contributed by atoms with Crippen molar-refractivity contribution in [2.75, 3.05) is 7.05 Å². The van der Waals surface area contributed by atoms with Crippen LogP contribution in [-0.2, 0) is 16.1 Å². The highest BCUT2D eigenvalue weighted by molar-refractivity contribution is 5.70. The van der Waals surface area contributed by atoms with Gasteiger partial charge in [-0.25, -0.2) is 9.78 Å². The van der Waals surface area contributed by atoms with Gasteiger partial charge in [0.15, 0.2) is 0 Å². The molecule has 0 spiro atoms. The summed E-state index contributed by atoms with van der Waals surface area (Å²) in [5.74, 6) is -0.466. The van der Waals surface area contributed by atoms with Gasteiger partial charge in [0, 0.05) is 24.2 Å². The van der Waals surface area contributed by atoms with Crippen molar-refractivity contribution in [3.63, 3.8) is 0 Å². The molecule has 0 unspecified atom stereocenters. The molecule has 9 nitrogen and oxygen atoms in total. The van der Waals surface area contributed by atoms with E-state index in [0.29, 0.717) is 35.7 Å². The van der Waals surface area contributed by atoms with Gasteiger partial charge in [0.25, 0.3) is 0 Å². The minimum atomic E-state index is -0.758. The molecule has 2 aromatic rings. The first-order valence-corrected chi connectivity index (χ1v) is 12.4. The molecular formula is C26H34N4O5. The summed E-state index contributed by atoms with van der Waals surface area (Å²) in [5, 5.41) is 17.6. The fourth-order valence-corrected chi connectivity index (χ4v) is 5.06. The highest BCUT2D eigenvalue weighted by atomic mass is 16.6. The summed E-state index contributed by atoms with van der Waals surface area (Å²) in [6.45, 7) is 3.80. The minimum Gasteiger partial charge on any atom is -0.489 e. The molecule has 0 aliphatic heterocycles. The van der Waals surface area contributed by atoms with E-state index in [-0.39, 0.29) is 30.8 Å². The van der Waals surface area contributed by atoms with Gasteiger partial charge in [-0.05, 0) is 64.5 Å². The van der Waals surface area contributed by atoms with E-state index in [1.807, 2.05) is 26.0 Å². The van der Waals surface area contributed by atoms with Crippen LogP contribution in [-0.4, -0.2) is 56.4 Å². The summed E-state index contributed by atoms with van der Waals surface area (Å²) in [4.78, 5) is 30.4. The monoisotopic (exact) mass is 482 g/mol. The van der Waals surface area contributed by atoms with E-state index in [4.69, 9.17) is 14.5 Å². The largest absolute Gasteiger partial charge is 0.489 e. The summed E-state index contributed by atoms with van der Waals surface area (Å²) < 4.78 is 11.8. The van der Waals surface area contributed by atoms with Crippen LogP contribution in [0, 0.1) is 19.8 Å². The van der Waals surface area contributed by atoms with E-state index in [9.17, 15) is 14.7 Å². The number of amides is 1. The lowest BCUT2D eigenvalue weighted by Crippen LogP contribution is -2.35. The van der Waals surface area contributed by atoms with Crippen LogP contribution in [0.5, 0.6) is 5.75 Å². The van der Waals surface area contributed by atoms with Crippen LogP contribution in [0.2, 0.25) is 0 Å². The molecule has 35 heavy (non-hydrogen) atoms. The number of carboxylic acid groups (broad SMARTS) is 1. The Morgan fingerprint density at radius 1 is 1.09 bits per heavy atom. The third kappa shape index (κ3) is 5.89. The number of aromatic nitrogens is 3. The Morgan fingerprint density at radius 3 is 2.57 bits per heavy atom. The first-order valence-electron chi connectivity index (χ1n) is 12.4. The predicted octanol–water partition coefficient (Wildman–Crippen LogP) is 4.69. The van der Waals surface area contributed by atoms with Gasteiger partial charge in [-0.15, -0.1) is 0 Å². The zero-order valence-corrected chi connectivity index (χ0v) is 20.7. The standard InChI is InChI=1S/C26H34N4O5/c1-16-22(15-34-26(33)30(3)19-8-4-5-9-19)21(14-27-29-16)23-11-12-24(17(2)28-23)35-20-10-6-7-18(13-20)25(31)32/h11-12,14,18-20H,4-10,13,15H2,1-3H3,(H,31,32)/t18-,20-/m0/s1. The molecule has 0 saturated heterocycles. The second kappa shape index (κ2) is 11.0. The third-order valence-electron chi connectivity index (χ3n) is 7.24. The van der Waals surface area contributed by atoms with Crippen LogP contribution in [0.25, 0.3) is 11.3 Å². The SMILES string of the molecule is Cc1nc(-c2cnnc(C)c2COC(=O)N(C)C2CCCC2)ccc1O[C@H]1CCC[C@H](C(=O)O)C1. The van der Waals surface area contributed by atoms with E-state index in [2.05, 4.69) is 10.2 Å². The molecule has 0 bridgehead atoms. The number of carbonyl (C=O) groups excluding carboxylic acids is 1. The van der Waals surface area contributed by atoms with Gasteiger partial charge in [-0.1, -0.05) is 12.8 Å². The lowest BCUT2D eigenvalue weighted by Gasteiger charge is -2.27. The quantitative estimate of drug-likeness (QED) is 0.604. The molecule has 9 heteroatoms. The fraction of sp³-hybridized carbons (Fsp3) is 0.577. The molecule has 2 fully saturated rings. The Hall–Kier alpha value is -3.23. The van der Waals surface area contributed by atoms with E-state index in [0.717, 1.165) is 49.7 Å². The minimum absolute atomic E-state index is 0.0875. The average molecular weight is 483 g/mol. The van der Waals surface area contributed by atoms with Gasteiger partial charge < -0.3 is 19.5 Å². The summed E-state index contributed by atoms with van der Waals surface area (Å²) in [5.41, 5.74) is 3.60. The van der Waals surface area contributed by atoms with Crippen molar-refractivity contribution in [3.8, 4) is 17.0 Å². The summed E-state index contributed by atoms with van der Waals surface area (Å²) >= 11 is 0. The molecule has 2 aliphatic carbocycles. The van der Waals surface area contributed by atoms with E-state index >= 15 is 0 Å². The maximum atomic E-state index is 12.6. The molecule has 2 atom stereocenters. The zero-order valence-electron chi connectivity index (χ0n) is 20.7.